The molecule has 0 spiro atoms. The second kappa shape index (κ2) is 5.96. The van der Waals surface area contributed by atoms with Gasteiger partial charge in [0, 0.05) is 19.8 Å². The molecule has 0 radical (unpaired) electrons. The lowest BCUT2D eigenvalue weighted by Crippen LogP contribution is -2.44. The molecule has 1 aliphatic heterocycles. The third kappa shape index (κ3) is 3.01. The van der Waals surface area contributed by atoms with Gasteiger partial charge in [0.1, 0.15) is 6.10 Å². The molecule has 4 nitrogen and oxygen atoms in total. The number of hydrogen-bond acceptors (Lipinski definition) is 4. The maximum absolute atomic E-state index is 5.76. The summed E-state index contributed by atoms with van der Waals surface area (Å²) in [5, 5.41) is 0. The highest BCUT2D eigenvalue weighted by Gasteiger charge is 2.64. The van der Waals surface area contributed by atoms with Crippen molar-refractivity contribution >= 4 is 9.28 Å². The van der Waals surface area contributed by atoms with E-state index in [1.54, 1.807) is 0 Å². The number of rotatable bonds is 8. The molecule has 0 saturated carbocycles. The summed E-state index contributed by atoms with van der Waals surface area (Å²) in [6.07, 6.45) is 1.09. The molecule has 1 fully saturated rings. The maximum atomic E-state index is 5.76. The molecule has 0 N–H and O–H groups in total. The largest absolute Gasteiger partial charge is 0.394 e. The van der Waals surface area contributed by atoms with E-state index in [-0.39, 0.29) is 6.10 Å². The zero-order valence-electron chi connectivity index (χ0n) is 10.1. The van der Waals surface area contributed by atoms with E-state index in [2.05, 4.69) is 6.92 Å². The lowest BCUT2D eigenvalue weighted by molar-refractivity contribution is -0.0196. The zero-order valence-corrected chi connectivity index (χ0v) is 11.3. The first kappa shape index (κ1) is 13.1. The minimum atomic E-state index is -1.87. The summed E-state index contributed by atoms with van der Waals surface area (Å²) in [5.41, 5.74) is -0.526. The zero-order chi connectivity index (χ0) is 11.3. The van der Waals surface area contributed by atoms with E-state index in [1.807, 2.05) is 20.8 Å². The Morgan fingerprint density at radius 1 is 1.20 bits per heavy atom. The third-order valence-electron chi connectivity index (χ3n) is 2.37. The fraction of sp³-hybridized carbons (Fsp3) is 1.00. The molecular formula is C10H22O4Si. The smallest absolute Gasteiger partial charge is 0.387 e. The van der Waals surface area contributed by atoms with E-state index in [4.69, 9.17) is 18.3 Å². The summed E-state index contributed by atoms with van der Waals surface area (Å²) >= 11 is 0. The Labute approximate surface area is 93.7 Å². The van der Waals surface area contributed by atoms with Crippen LogP contribution in [0.25, 0.3) is 0 Å². The minimum Gasteiger partial charge on any atom is -0.394 e. The highest BCUT2D eigenvalue weighted by atomic mass is 28.3. The molecule has 2 atom stereocenters. The second-order valence-corrected chi connectivity index (χ2v) is 5.71. The van der Waals surface area contributed by atoms with Crippen molar-refractivity contribution in [1.82, 2.24) is 0 Å². The molecule has 0 amide bonds. The fourth-order valence-corrected chi connectivity index (χ4v) is 3.67. The minimum absolute atomic E-state index is 0.110. The average molecular weight is 234 g/mol. The Morgan fingerprint density at radius 2 is 1.73 bits per heavy atom. The van der Waals surface area contributed by atoms with Crippen molar-refractivity contribution in [3.63, 3.8) is 0 Å². The summed E-state index contributed by atoms with van der Waals surface area (Å²) in [4.78, 5) is 0. The fourth-order valence-electron chi connectivity index (χ4n) is 1.55. The first-order valence-electron chi connectivity index (χ1n) is 5.76. The molecule has 2 unspecified atom stereocenters. The van der Waals surface area contributed by atoms with Crippen molar-refractivity contribution in [1.29, 1.82) is 0 Å². The van der Waals surface area contributed by atoms with E-state index in [0.717, 1.165) is 6.42 Å². The number of hydrogen-bond donors (Lipinski definition) is 0. The van der Waals surface area contributed by atoms with Gasteiger partial charge in [-0.05, 0) is 27.2 Å². The molecule has 0 bridgehead atoms. The highest BCUT2D eigenvalue weighted by Crippen LogP contribution is 2.40. The average Bonchev–Trinajstić information content (AvgIpc) is 2.87. The van der Waals surface area contributed by atoms with Crippen LogP contribution in [0.1, 0.15) is 34.1 Å². The SMILES string of the molecule is CCCOC1([SiH](OCC)OCC)OC1C. The van der Waals surface area contributed by atoms with Gasteiger partial charge in [-0.3, -0.25) is 0 Å². The first-order chi connectivity index (χ1) is 7.21. The molecule has 1 rings (SSSR count). The van der Waals surface area contributed by atoms with Crippen LogP contribution in [-0.2, 0) is 18.3 Å². The van der Waals surface area contributed by atoms with Gasteiger partial charge in [-0.2, -0.15) is 0 Å². The van der Waals surface area contributed by atoms with Crippen molar-refractivity contribution in [3.05, 3.63) is 0 Å². The van der Waals surface area contributed by atoms with Gasteiger partial charge in [0.05, 0.1) is 0 Å². The van der Waals surface area contributed by atoms with Crippen molar-refractivity contribution in [2.45, 2.75) is 45.6 Å². The standard InChI is InChI=1S/C10H22O4Si/c1-5-8-11-10(9(4)14-10)15(12-6-2)13-7-3/h9,15H,5-8H2,1-4H3. The molecule has 1 aliphatic rings. The maximum Gasteiger partial charge on any atom is 0.387 e. The molecule has 0 aromatic carbocycles. The third-order valence-corrected chi connectivity index (χ3v) is 5.07. The van der Waals surface area contributed by atoms with Crippen LogP contribution in [0.5, 0.6) is 0 Å². The molecule has 15 heavy (non-hydrogen) atoms. The molecule has 0 aromatic heterocycles. The summed E-state index contributed by atoms with van der Waals surface area (Å²) in [6.45, 7) is 10.0. The van der Waals surface area contributed by atoms with Gasteiger partial charge in [-0.1, -0.05) is 6.92 Å². The summed E-state index contributed by atoms with van der Waals surface area (Å²) in [7, 11) is -1.87. The Hall–Kier alpha value is 0.0569. The monoisotopic (exact) mass is 234 g/mol. The topological polar surface area (TPSA) is 40.2 Å². The molecule has 1 heterocycles. The Bertz CT molecular complexity index is 184. The van der Waals surface area contributed by atoms with Gasteiger partial charge < -0.3 is 18.3 Å². The predicted octanol–water partition coefficient (Wildman–Crippen LogP) is 1.36. The normalized spacial score (nSPS) is 29.8. The first-order valence-corrected chi connectivity index (χ1v) is 7.28. The van der Waals surface area contributed by atoms with Crippen LogP contribution in [0.2, 0.25) is 0 Å². The van der Waals surface area contributed by atoms with Gasteiger partial charge >= 0.3 is 9.28 Å². The van der Waals surface area contributed by atoms with Crippen LogP contribution >= 0.6 is 0 Å². The van der Waals surface area contributed by atoms with Gasteiger partial charge in [0.25, 0.3) is 0 Å². The highest BCUT2D eigenvalue weighted by molar-refractivity contribution is 6.49. The Morgan fingerprint density at radius 3 is 2.07 bits per heavy atom. The van der Waals surface area contributed by atoms with Gasteiger partial charge in [0.15, 0.2) is 0 Å². The van der Waals surface area contributed by atoms with Crippen LogP contribution in [0.4, 0.5) is 0 Å². The van der Waals surface area contributed by atoms with Gasteiger partial charge in [-0.25, -0.2) is 0 Å². The lowest BCUT2D eigenvalue weighted by atomic mass is 10.5. The van der Waals surface area contributed by atoms with E-state index < -0.39 is 14.7 Å². The van der Waals surface area contributed by atoms with Gasteiger partial charge in [-0.15, -0.1) is 0 Å². The number of epoxide rings is 1. The van der Waals surface area contributed by atoms with Crippen LogP contribution in [-0.4, -0.2) is 40.6 Å². The molecule has 5 heteroatoms. The molecule has 90 valence electrons. The second-order valence-electron chi connectivity index (χ2n) is 3.57. The lowest BCUT2D eigenvalue weighted by Gasteiger charge is -2.22. The summed E-state index contributed by atoms with van der Waals surface area (Å²) in [5.74, 6) is 0. The quantitative estimate of drug-likeness (QED) is 0.470. The molecular weight excluding hydrogens is 212 g/mol. The van der Waals surface area contributed by atoms with Gasteiger partial charge in [0.2, 0.25) is 5.41 Å². The molecule has 1 saturated heterocycles. The van der Waals surface area contributed by atoms with Crippen molar-refractivity contribution in [2.75, 3.05) is 19.8 Å². The van der Waals surface area contributed by atoms with Crippen molar-refractivity contribution < 1.29 is 18.3 Å². The number of ether oxygens (including phenoxy) is 2. The van der Waals surface area contributed by atoms with Crippen LogP contribution in [0.3, 0.4) is 0 Å². The van der Waals surface area contributed by atoms with Crippen molar-refractivity contribution in [2.24, 2.45) is 0 Å². The Balaban J connectivity index is 2.53. The van der Waals surface area contributed by atoms with E-state index in [0.29, 0.717) is 19.8 Å². The van der Waals surface area contributed by atoms with Crippen LogP contribution in [0.15, 0.2) is 0 Å². The molecule has 0 aromatic rings. The van der Waals surface area contributed by atoms with Crippen LogP contribution in [0, 0.1) is 0 Å². The van der Waals surface area contributed by atoms with Crippen LogP contribution < -0.4 is 0 Å². The summed E-state index contributed by atoms with van der Waals surface area (Å²) in [6, 6.07) is 0. The van der Waals surface area contributed by atoms with E-state index in [1.165, 1.54) is 0 Å². The van der Waals surface area contributed by atoms with E-state index >= 15 is 0 Å². The Kier molecular flexibility index (Phi) is 5.21. The summed E-state index contributed by atoms with van der Waals surface area (Å²) < 4.78 is 22.6. The molecule has 0 aliphatic carbocycles. The van der Waals surface area contributed by atoms with Crippen molar-refractivity contribution in [3.8, 4) is 0 Å². The van der Waals surface area contributed by atoms with E-state index in [9.17, 15) is 0 Å². The predicted molar refractivity (Wildman–Crippen MR) is 59.9 cm³/mol.